The molecule has 8 nitrogen and oxygen atoms in total. The van der Waals surface area contributed by atoms with E-state index in [2.05, 4.69) is 9.97 Å². The molecule has 0 radical (unpaired) electrons. The molecule has 1 saturated heterocycles. The van der Waals surface area contributed by atoms with E-state index >= 15 is 0 Å². The molecular formula is C21H26N4O4. The number of nitrogens with one attached hydrogen (secondary N) is 1. The van der Waals surface area contributed by atoms with Gasteiger partial charge in [0.25, 0.3) is 5.91 Å². The lowest BCUT2D eigenvalue weighted by atomic mass is 9.97. The molecule has 0 saturated carbocycles. The molecular weight excluding hydrogens is 372 g/mol. The van der Waals surface area contributed by atoms with Gasteiger partial charge in [-0.1, -0.05) is 17.7 Å². The van der Waals surface area contributed by atoms with Crippen LogP contribution >= 0.6 is 0 Å². The fraction of sp³-hybridized carbons (Fsp3) is 0.429. The SMILES string of the molecule is CCOC(=O)N1CCN(C(=O)c2cc(-c3c(C)cc(C)cc3C)nc(=O)[nH]2)CC1. The van der Waals surface area contributed by atoms with Crippen molar-refractivity contribution in [1.82, 2.24) is 19.8 Å². The summed E-state index contributed by atoms with van der Waals surface area (Å²) in [6, 6.07) is 5.69. The van der Waals surface area contributed by atoms with E-state index in [0.29, 0.717) is 38.5 Å². The number of carbonyl (C=O) groups is 2. The lowest BCUT2D eigenvalue weighted by Gasteiger charge is -2.33. The molecule has 154 valence electrons. The van der Waals surface area contributed by atoms with Crippen LogP contribution in [0, 0.1) is 20.8 Å². The highest BCUT2D eigenvalue weighted by Crippen LogP contribution is 2.26. The maximum atomic E-state index is 13.0. The first-order chi connectivity index (χ1) is 13.8. The number of amides is 2. The molecule has 1 aromatic carbocycles. The molecule has 2 aromatic rings. The maximum Gasteiger partial charge on any atom is 0.409 e. The molecule has 1 aromatic heterocycles. The monoisotopic (exact) mass is 398 g/mol. The van der Waals surface area contributed by atoms with Crippen molar-refractivity contribution in [3.05, 3.63) is 51.1 Å². The summed E-state index contributed by atoms with van der Waals surface area (Å²) >= 11 is 0. The number of carbonyl (C=O) groups excluding carboxylic acids is 2. The fourth-order valence-corrected chi connectivity index (χ4v) is 3.76. The molecule has 1 aliphatic heterocycles. The van der Waals surface area contributed by atoms with Crippen LogP contribution in [0.2, 0.25) is 0 Å². The van der Waals surface area contributed by atoms with Crippen molar-refractivity contribution in [3.8, 4) is 11.3 Å². The zero-order valence-electron chi connectivity index (χ0n) is 17.2. The number of aromatic amines is 1. The van der Waals surface area contributed by atoms with E-state index in [1.807, 2.05) is 32.9 Å². The first-order valence-corrected chi connectivity index (χ1v) is 9.70. The third-order valence-electron chi connectivity index (χ3n) is 5.00. The Morgan fingerprint density at radius 2 is 1.62 bits per heavy atom. The van der Waals surface area contributed by atoms with Crippen molar-refractivity contribution in [2.75, 3.05) is 32.8 Å². The summed E-state index contributed by atoms with van der Waals surface area (Å²) in [5.74, 6) is -0.281. The van der Waals surface area contributed by atoms with E-state index in [-0.39, 0.29) is 17.7 Å². The van der Waals surface area contributed by atoms with Gasteiger partial charge in [-0.15, -0.1) is 0 Å². The second-order valence-corrected chi connectivity index (χ2v) is 7.24. The quantitative estimate of drug-likeness (QED) is 0.856. The zero-order valence-corrected chi connectivity index (χ0v) is 17.2. The highest BCUT2D eigenvalue weighted by atomic mass is 16.6. The van der Waals surface area contributed by atoms with Gasteiger partial charge in [-0.25, -0.2) is 9.59 Å². The van der Waals surface area contributed by atoms with E-state index in [1.54, 1.807) is 22.8 Å². The molecule has 0 aliphatic carbocycles. The van der Waals surface area contributed by atoms with Crippen LogP contribution in [-0.4, -0.2) is 64.6 Å². The second kappa shape index (κ2) is 8.46. The summed E-state index contributed by atoms with van der Waals surface area (Å²) < 4.78 is 5.00. The highest BCUT2D eigenvalue weighted by molar-refractivity contribution is 5.93. The molecule has 2 amide bonds. The minimum Gasteiger partial charge on any atom is -0.450 e. The molecule has 8 heteroatoms. The number of aryl methyl sites for hydroxylation is 3. The number of aromatic nitrogens is 2. The van der Waals surface area contributed by atoms with Crippen LogP contribution in [0.4, 0.5) is 4.79 Å². The van der Waals surface area contributed by atoms with E-state index in [1.165, 1.54) is 0 Å². The molecule has 0 atom stereocenters. The average Bonchev–Trinajstić information content (AvgIpc) is 2.66. The number of ether oxygens (including phenoxy) is 1. The topological polar surface area (TPSA) is 95.6 Å². The van der Waals surface area contributed by atoms with E-state index in [0.717, 1.165) is 22.3 Å². The normalized spacial score (nSPS) is 14.1. The van der Waals surface area contributed by atoms with Gasteiger partial charge in [0.15, 0.2) is 0 Å². The Morgan fingerprint density at radius 1 is 1.03 bits per heavy atom. The van der Waals surface area contributed by atoms with Crippen LogP contribution in [-0.2, 0) is 4.74 Å². The average molecular weight is 398 g/mol. The van der Waals surface area contributed by atoms with E-state index in [9.17, 15) is 14.4 Å². The Kier molecular flexibility index (Phi) is 6.00. The van der Waals surface area contributed by atoms with Gasteiger partial charge < -0.3 is 19.5 Å². The van der Waals surface area contributed by atoms with Crippen LogP contribution < -0.4 is 5.69 Å². The van der Waals surface area contributed by atoms with Crippen molar-refractivity contribution >= 4 is 12.0 Å². The summed E-state index contributed by atoms with van der Waals surface area (Å²) in [5, 5.41) is 0. The molecule has 1 aliphatic rings. The Balaban J connectivity index is 1.83. The molecule has 0 unspecified atom stereocenters. The van der Waals surface area contributed by atoms with Gasteiger partial charge in [0.1, 0.15) is 5.69 Å². The molecule has 2 heterocycles. The van der Waals surface area contributed by atoms with Crippen molar-refractivity contribution < 1.29 is 14.3 Å². The van der Waals surface area contributed by atoms with Crippen molar-refractivity contribution in [2.45, 2.75) is 27.7 Å². The Morgan fingerprint density at radius 3 is 2.21 bits per heavy atom. The molecule has 1 N–H and O–H groups in total. The lowest BCUT2D eigenvalue weighted by Crippen LogP contribution is -2.51. The number of rotatable bonds is 3. The first kappa shape index (κ1) is 20.6. The number of hydrogen-bond donors (Lipinski definition) is 1. The lowest BCUT2D eigenvalue weighted by molar-refractivity contribution is 0.0565. The Labute approximate surface area is 169 Å². The Bertz CT molecular complexity index is 967. The van der Waals surface area contributed by atoms with Crippen molar-refractivity contribution in [3.63, 3.8) is 0 Å². The third kappa shape index (κ3) is 4.47. The zero-order chi connectivity index (χ0) is 21.1. The van der Waals surface area contributed by atoms with Gasteiger partial charge in [0.05, 0.1) is 12.3 Å². The molecule has 29 heavy (non-hydrogen) atoms. The summed E-state index contributed by atoms with van der Waals surface area (Å²) in [5.41, 5.74) is 4.12. The van der Waals surface area contributed by atoms with Crippen LogP contribution in [0.25, 0.3) is 11.3 Å². The highest BCUT2D eigenvalue weighted by Gasteiger charge is 2.26. The fourth-order valence-electron chi connectivity index (χ4n) is 3.76. The smallest absolute Gasteiger partial charge is 0.409 e. The number of piperazine rings is 1. The summed E-state index contributed by atoms with van der Waals surface area (Å²) in [4.78, 5) is 46.8. The first-order valence-electron chi connectivity index (χ1n) is 9.70. The maximum absolute atomic E-state index is 13.0. The van der Waals surface area contributed by atoms with Crippen LogP contribution in [0.5, 0.6) is 0 Å². The number of nitrogens with zero attached hydrogens (tertiary/aromatic N) is 3. The van der Waals surface area contributed by atoms with Gasteiger partial charge in [-0.05, 0) is 44.9 Å². The summed E-state index contributed by atoms with van der Waals surface area (Å²) in [6.45, 7) is 9.55. The number of benzene rings is 1. The van der Waals surface area contributed by atoms with Crippen LogP contribution in [0.15, 0.2) is 23.0 Å². The molecule has 1 fully saturated rings. The van der Waals surface area contributed by atoms with E-state index in [4.69, 9.17) is 4.74 Å². The predicted molar refractivity (Wildman–Crippen MR) is 109 cm³/mol. The van der Waals surface area contributed by atoms with Gasteiger partial charge in [0.2, 0.25) is 0 Å². The van der Waals surface area contributed by atoms with Gasteiger partial charge in [-0.2, -0.15) is 4.98 Å². The standard InChI is InChI=1S/C21H26N4O4/c1-5-29-21(28)25-8-6-24(7-9-25)19(26)17-12-16(22-20(27)23-17)18-14(3)10-13(2)11-15(18)4/h10-12H,5-9H2,1-4H3,(H,22,23,27). The third-order valence-corrected chi connectivity index (χ3v) is 5.00. The second-order valence-electron chi connectivity index (χ2n) is 7.24. The van der Waals surface area contributed by atoms with Crippen molar-refractivity contribution in [2.24, 2.45) is 0 Å². The number of hydrogen-bond acceptors (Lipinski definition) is 5. The summed E-state index contributed by atoms with van der Waals surface area (Å²) in [6.07, 6.45) is -0.371. The Hall–Kier alpha value is -3.16. The predicted octanol–water partition coefficient (Wildman–Crippen LogP) is 2.28. The largest absolute Gasteiger partial charge is 0.450 e. The number of H-pyrrole nitrogens is 1. The molecule has 0 bridgehead atoms. The minimum absolute atomic E-state index is 0.198. The van der Waals surface area contributed by atoms with Gasteiger partial charge in [0, 0.05) is 31.7 Å². The van der Waals surface area contributed by atoms with Crippen molar-refractivity contribution in [1.29, 1.82) is 0 Å². The van der Waals surface area contributed by atoms with Crippen LogP contribution in [0.1, 0.15) is 34.1 Å². The van der Waals surface area contributed by atoms with E-state index < -0.39 is 5.69 Å². The van der Waals surface area contributed by atoms with Crippen LogP contribution in [0.3, 0.4) is 0 Å². The molecule has 3 rings (SSSR count). The molecule has 0 spiro atoms. The van der Waals surface area contributed by atoms with Gasteiger partial charge >= 0.3 is 11.8 Å². The summed E-state index contributed by atoms with van der Waals surface area (Å²) in [7, 11) is 0. The van der Waals surface area contributed by atoms with Gasteiger partial charge in [-0.3, -0.25) is 4.79 Å². The minimum atomic E-state index is -0.560.